The fourth-order valence-corrected chi connectivity index (χ4v) is 5.28. The van der Waals surface area contributed by atoms with Crippen molar-refractivity contribution in [3.8, 4) is 0 Å². The molecule has 7 heteroatoms. The number of carbonyl (C=O) groups excluding carboxylic acids is 3. The Bertz CT molecular complexity index is 839. The van der Waals surface area contributed by atoms with Gasteiger partial charge in [0.25, 0.3) is 5.91 Å². The van der Waals surface area contributed by atoms with Crippen molar-refractivity contribution in [1.29, 1.82) is 0 Å². The number of imide groups is 1. The molecule has 0 radical (unpaired) electrons. The van der Waals surface area contributed by atoms with Crippen LogP contribution in [0.5, 0.6) is 0 Å². The highest BCUT2D eigenvalue weighted by molar-refractivity contribution is 6.05. The summed E-state index contributed by atoms with van der Waals surface area (Å²) in [6.07, 6.45) is 2.00. The molecule has 3 aliphatic heterocycles. The maximum absolute atomic E-state index is 12.9. The summed E-state index contributed by atoms with van der Waals surface area (Å²) in [4.78, 5) is 38.0. The van der Waals surface area contributed by atoms with Gasteiger partial charge in [-0.25, -0.2) is 0 Å². The van der Waals surface area contributed by atoms with Gasteiger partial charge in [-0.05, 0) is 67.4 Å². The molecule has 1 saturated carbocycles. The smallest absolute Gasteiger partial charge is 0.255 e. The van der Waals surface area contributed by atoms with Crippen molar-refractivity contribution in [2.75, 3.05) is 19.6 Å². The van der Waals surface area contributed by atoms with Crippen LogP contribution in [0.2, 0.25) is 0 Å². The Hall–Kier alpha value is -2.25. The minimum Gasteiger partial charge on any atom is -0.322 e. The Morgan fingerprint density at radius 2 is 2.07 bits per heavy atom. The fraction of sp³-hybridized carbons (Fsp3) is 0.571. The van der Waals surface area contributed by atoms with E-state index in [4.69, 9.17) is 0 Å². The number of hydrogen-bond acceptors (Lipinski definition) is 5. The quantitative estimate of drug-likeness (QED) is 0.641. The van der Waals surface area contributed by atoms with E-state index in [-0.39, 0.29) is 24.1 Å². The Morgan fingerprint density at radius 1 is 1.18 bits per heavy atom. The number of nitrogens with one attached hydrogen (secondary N) is 3. The van der Waals surface area contributed by atoms with Crippen molar-refractivity contribution in [1.82, 2.24) is 20.9 Å². The average molecular weight is 382 g/mol. The Kier molecular flexibility index (Phi) is 4.44. The summed E-state index contributed by atoms with van der Waals surface area (Å²) in [5.41, 5.74) is 2.74. The third-order valence-electron chi connectivity index (χ3n) is 6.93. The van der Waals surface area contributed by atoms with Crippen LogP contribution < -0.4 is 16.0 Å². The van der Waals surface area contributed by atoms with Crippen LogP contribution in [-0.2, 0) is 22.7 Å². The van der Waals surface area contributed by atoms with Gasteiger partial charge in [0.2, 0.25) is 11.8 Å². The van der Waals surface area contributed by atoms with Crippen LogP contribution in [0.15, 0.2) is 18.2 Å². The van der Waals surface area contributed by atoms with E-state index < -0.39 is 6.04 Å². The second kappa shape index (κ2) is 6.97. The van der Waals surface area contributed by atoms with Crippen LogP contribution in [0, 0.1) is 17.8 Å². The average Bonchev–Trinajstić information content (AvgIpc) is 3.19. The SMILES string of the molecule is O=C1CCC(N2Cc3ccc(CNC[C@@H]4C[C@H]5CNC[C@@H]45)cc3C2=O)C(=O)N1. The van der Waals surface area contributed by atoms with Gasteiger partial charge in [0.15, 0.2) is 0 Å². The highest BCUT2D eigenvalue weighted by Crippen LogP contribution is 2.42. The van der Waals surface area contributed by atoms with E-state index >= 15 is 0 Å². The van der Waals surface area contributed by atoms with Gasteiger partial charge < -0.3 is 15.5 Å². The summed E-state index contributed by atoms with van der Waals surface area (Å²) in [5, 5.41) is 9.37. The predicted molar refractivity (Wildman–Crippen MR) is 102 cm³/mol. The molecule has 3 N–H and O–H groups in total. The number of hydrogen-bond donors (Lipinski definition) is 3. The van der Waals surface area contributed by atoms with E-state index in [1.807, 2.05) is 12.1 Å². The largest absolute Gasteiger partial charge is 0.322 e. The molecule has 5 rings (SSSR count). The monoisotopic (exact) mass is 382 g/mol. The first kappa shape index (κ1) is 17.8. The highest BCUT2D eigenvalue weighted by Gasteiger charge is 2.43. The first-order valence-electron chi connectivity index (χ1n) is 10.3. The summed E-state index contributed by atoms with van der Waals surface area (Å²) in [6.45, 7) is 4.54. The lowest BCUT2D eigenvalue weighted by molar-refractivity contribution is -0.136. The molecule has 1 aliphatic carbocycles. The van der Waals surface area contributed by atoms with Crippen LogP contribution in [0.1, 0.15) is 40.7 Å². The minimum atomic E-state index is -0.550. The summed E-state index contributed by atoms with van der Waals surface area (Å²) < 4.78 is 0. The second-order valence-corrected chi connectivity index (χ2v) is 8.60. The van der Waals surface area contributed by atoms with Crippen LogP contribution in [-0.4, -0.2) is 48.3 Å². The van der Waals surface area contributed by atoms with Gasteiger partial charge in [0, 0.05) is 25.1 Å². The molecule has 4 aliphatic rings. The molecule has 0 bridgehead atoms. The Labute approximate surface area is 164 Å². The third kappa shape index (κ3) is 3.02. The van der Waals surface area contributed by atoms with Crippen molar-refractivity contribution < 1.29 is 14.4 Å². The molecule has 1 unspecified atom stereocenters. The Balaban J connectivity index is 1.20. The molecule has 3 fully saturated rings. The molecule has 0 aromatic heterocycles. The standard InChI is InChI=1S/C21H26N4O3/c26-19-4-3-18(20(27)24-19)25-11-13-2-1-12(5-16(13)21(25)28)7-22-8-14-6-15-9-23-10-17(14)15/h1-2,5,14-15,17-18,22-23H,3-4,6-11H2,(H,24,26,27)/t14-,15-,17-,18?/m0/s1. The zero-order valence-corrected chi connectivity index (χ0v) is 15.9. The molecular formula is C21H26N4O3. The lowest BCUT2D eigenvalue weighted by Gasteiger charge is -2.39. The van der Waals surface area contributed by atoms with Crippen molar-refractivity contribution in [3.63, 3.8) is 0 Å². The maximum Gasteiger partial charge on any atom is 0.255 e. The number of amides is 3. The number of benzene rings is 1. The molecule has 148 valence electrons. The van der Waals surface area contributed by atoms with E-state index in [1.54, 1.807) is 4.90 Å². The highest BCUT2D eigenvalue weighted by atomic mass is 16.2. The molecule has 28 heavy (non-hydrogen) atoms. The molecule has 4 atom stereocenters. The zero-order valence-electron chi connectivity index (χ0n) is 15.9. The first-order chi connectivity index (χ1) is 13.6. The van der Waals surface area contributed by atoms with Gasteiger partial charge in [0.1, 0.15) is 6.04 Å². The van der Waals surface area contributed by atoms with Crippen molar-refractivity contribution in [2.24, 2.45) is 17.8 Å². The molecule has 0 spiro atoms. The van der Waals surface area contributed by atoms with Crippen LogP contribution in [0.3, 0.4) is 0 Å². The fourth-order valence-electron chi connectivity index (χ4n) is 5.28. The molecule has 2 saturated heterocycles. The number of fused-ring (bicyclic) bond motifs is 2. The number of piperidine rings is 1. The van der Waals surface area contributed by atoms with Crippen LogP contribution in [0.25, 0.3) is 0 Å². The Morgan fingerprint density at radius 3 is 2.89 bits per heavy atom. The van der Waals surface area contributed by atoms with Gasteiger partial charge in [-0.1, -0.05) is 12.1 Å². The molecular weight excluding hydrogens is 356 g/mol. The van der Waals surface area contributed by atoms with Crippen molar-refractivity contribution in [3.05, 3.63) is 34.9 Å². The van der Waals surface area contributed by atoms with Crippen LogP contribution in [0.4, 0.5) is 0 Å². The molecule has 3 amide bonds. The normalized spacial score (nSPS) is 31.4. The summed E-state index contributed by atoms with van der Waals surface area (Å²) in [7, 11) is 0. The lowest BCUT2D eigenvalue weighted by atomic mass is 9.67. The van der Waals surface area contributed by atoms with E-state index in [0.29, 0.717) is 18.5 Å². The van der Waals surface area contributed by atoms with E-state index in [0.717, 1.165) is 48.5 Å². The van der Waals surface area contributed by atoms with Gasteiger partial charge >= 0.3 is 0 Å². The topological polar surface area (TPSA) is 90.5 Å². The summed E-state index contributed by atoms with van der Waals surface area (Å²) >= 11 is 0. The first-order valence-corrected chi connectivity index (χ1v) is 10.3. The molecule has 1 aromatic rings. The van der Waals surface area contributed by atoms with Gasteiger partial charge in [-0.3, -0.25) is 19.7 Å². The van der Waals surface area contributed by atoms with Crippen molar-refractivity contribution >= 4 is 17.7 Å². The summed E-state index contributed by atoms with van der Waals surface area (Å²) in [5.74, 6) is 1.74. The molecule has 1 aromatic carbocycles. The summed E-state index contributed by atoms with van der Waals surface area (Å²) in [6, 6.07) is 5.47. The number of carbonyl (C=O) groups is 3. The predicted octanol–water partition coefficient (Wildman–Crippen LogP) is 0.393. The number of nitrogens with zero attached hydrogens (tertiary/aromatic N) is 1. The maximum atomic E-state index is 12.9. The van der Waals surface area contributed by atoms with Gasteiger partial charge in [0.05, 0.1) is 0 Å². The van der Waals surface area contributed by atoms with Crippen LogP contribution >= 0.6 is 0 Å². The van der Waals surface area contributed by atoms with E-state index in [1.165, 1.54) is 13.0 Å². The van der Waals surface area contributed by atoms with E-state index in [2.05, 4.69) is 22.0 Å². The minimum absolute atomic E-state index is 0.106. The van der Waals surface area contributed by atoms with Gasteiger partial charge in [-0.2, -0.15) is 0 Å². The third-order valence-corrected chi connectivity index (χ3v) is 6.93. The van der Waals surface area contributed by atoms with E-state index in [9.17, 15) is 14.4 Å². The zero-order chi connectivity index (χ0) is 19.3. The van der Waals surface area contributed by atoms with Gasteiger partial charge in [-0.15, -0.1) is 0 Å². The van der Waals surface area contributed by atoms with Crippen molar-refractivity contribution in [2.45, 2.75) is 38.4 Å². The number of rotatable bonds is 5. The molecule has 3 heterocycles. The molecule has 7 nitrogen and oxygen atoms in total. The second-order valence-electron chi connectivity index (χ2n) is 8.60. The lowest BCUT2D eigenvalue weighted by Crippen LogP contribution is -2.52.